The van der Waals surface area contributed by atoms with Crippen LogP contribution in [0, 0.1) is 0 Å². The maximum atomic E-state index is 12.8. The minimum absolute atomic E-state index is 0.142. The van der Waals surface area contributed by atoms with Gasteiger partial charge >= 0.3 is 0 Å². The molecule has 8 heteroatoms. The molecule has 1 N–H and O–H groups in total. The van der Waals surface area contributed by atoms with Gasteiger partial charge in [-0.05, 0) is 41.3 Å². The molecule has 4 aromatic carbocycles. The zero-order chi connectivity index (χ0) is 24.3. The van der Waals surface area contributed by atoms with Crippen LogP contribution < -0.4 is 5.32 Å². The van der Waals surface area contributed by atoms with Crippen molar-refractivity contribution >= 4 is 45.2 Å². The number of nitrogens with one attached hydrogen (secondary N) is 1. The molecule has 1 amide bonds. The molecular formula is C28H21N5O2S. The standard InChI is InChI=1S/C28H21N5O2S/c34-27(29-24-10-5-7-20-6-1-2-8-23(20)24)21-14-12-19(13-15-21)16-33-17-22(31-32-33)18-36-28-30-25-9-3-4-11-26(25)35-28/h1-15,17H,16,18H2,(H,29,34). The molecule has 2 aromatic heterocycles. The highest BCUT2D eigenvalue weighted by Gasteiger charge is 2.10. The third kappa shape index (κ3) is 4.71. The van der Waals surface area contributed by atoms with Crippen molar-refractivity contribution in [3.8, 4) is 0 Å². The first-order valence-electron chi connectivity index (χ1n) is 11.5. The Bertz CT molecular complexity index is 1630. The lowest BCUT2D eigenvalue weighted by molar-refractivity contribution is 0.102. The van der Waals surface area contributed by atoms with Gasteiger partial charge in [-0.15, -0.1) is 5.10 Å². The molecule has 176 valence electrons. The molecule has 0 atom stereocenters. The Morgan fingerprint density at radius 3 is 2.61 bits per heavy atom. The summed E-state index contributed by atoms with van der Waals surface area (Å²) in [5, 5.41) is 14.2. The molecule has 0 saturated heterocycles. The van der Waals surface area contributed by atoms with Crippen LogP contribution in [0.3, 0.4) is 0 Å². The highest BCUT2D eigenvalue weighted by Crippen LogP contribution is 2.26. The molecule has 0 aliphatic rings. The van der Waals surface area contributed by atoms with Crippen molar-refractivity contribution in [2.24, 2.45) is 0 Å². The number of thioether (sulfide) groups is 1. The largest absolute Gasteiger partial charge is 0.431 e. The predicted molar refractivity (Wildman–Crippen MR) is 141 cm³/mol. The fourth-order valence-corrected chi connectivity index (χ4v) is 4.72. The molecule has 0 aliphatic heterocycles. The number of benzene rings is 4. The highest BCUT2D eigenvalue weighted by molar-refractivity contribution is 7.98. The van der Waals surface area contributed by atoms with Gasteiger partial charge in [-0.3, -0.25) is 4.79 Å². The van der Waals surface area contributed by atoms with E-state index in [4.69, 9.17) is 4.42 Å². The fraction of sp³-hybridized carbons (Fsp3) is 0.0714. The third-order valence-corrected chi connectivity index (χ3v) is 6.66. The van der Waals surface area contributed by atoms with Crippen molar-refractivity contribution in [3.63, 3.8) is 0 Å². The number of amides is 1. The second kappa shape index (κ2) is 9.67. The van der Waals surface area contributed by atoms with Crippen LogP contribution >= 0.6 is 11.8 Å². The summed E-state index contributed by atoms with van der Waals surface area (Å²) in [6.07, 6.45) is 1.91. The lowest BCUT2D eigenvalue weighted by Gasteiger charge is -2.09. The number of carbonyl (C=O) groups excluding carboxylic acids is 1. The summed E-state index contributed by atoms with van der Waals surface area (Å²) >= 11 is 1.49. The van der Waals surface area contributed by atoms with E-state index in [2.05, 4.69) is 20.6 Å². The molecule has 0 radical (unpaired) electrons. The molecule has 6 rings (SSSR count). The molecule has 0 unspecified atom stereocenters. The molecule has 36 heavy (non-hydrogen) atoms. The van der Waals surface area contributed by atoms with E-state index in [1.54, 1.807) is 4.68 Å². The van der Waals surface area contributed by atoms with Crippen LogP contribution in [0.15, 0.2) is 107 Å². The van der Waals surface area contributed by atoms with E-state index in [1.807, 2.05) is 97.2 Å². The molecule has 7 nitrogen and oxygen atoms in total. The van der Waals surface area contributed by atoms with Gasteiger partial charge < -0.3 is 9.73 Å². The number of anilines is 1. The second-order valence-corrected chi connectivity index (χ2v) is 9.25. The zero-order valence-electron chi connectivity index (χ0n) is 19.2. The maximum Gasteiger partial charge on any atom is 0.257 e. The first kappa shape index (κ1) is 22.1. The van der Waals surface area contributed by atoms with Crippen LogP contribution in [-0.2, 0) is 12.3 Å². The summed E-state index contributed by atoms with van der Waals surface area (Å²) in [6, 6.07) is 29.1. The molecule has 0 saturated carbocycles. The van der Waals surface area contributed by atoms with Gasteiger partial charge in [0, 0.05) is 28.6 Å². The summed E-state index contributed by atoms with van der Waals surface area (Å²) in [4.78, 5) is 17.3. The van der Waals surface area contributed by atoms with E-state index in [9.17, 15) is 4.79 Å². The number of aromatic nitrogens is 4. The lowest BCUT2D eigenvalue weighted by Crippen LogP contribution is -2.12. The Morgan fingerprint density at radius 2 is 1.72 bits per heavy atom. The fourth-order valence-electron chi connectivity index (χ4n) is 4.01. The van der Waals surface area contributed by atoms with Crippen molar-refractivity contribution < 1.29 is 9.21 Å². The van der Waals surface area contributed by atoms with Gasteiger partial charge in [0.2, 0.25) is 0 Å². The topological polar surface area (TPSA) is 85.8 Å². The average Bonchev–Trinajstić information content (AvgIpc) is 3.54. The Hall–Kier alpha value is -4.43. The SMILES string of the molecule is O=C(Nc1cccc2ccccc12)c1ccc(Cn2cc(CSc3nc4ccccc4o3)nn2)cc1. The number of oxazole rings is 1. The van der Waals surface area contributed by atoms with Crippen molar-refractivity contribution in [1.82, 2.24) is 20.0 Å². The number of fused-ring (bicyclic) bond motifs is 2. The Balaban J connectivity index is 1.07. The summed E-state index contributed by atoms with van der Waals surface area (Å²) in [5.41, 5.74) is 4.89. The third-order valence-electron chi connectivity index (χ3n) is 5.80. The highest BCUT2D eigenvalue weighted by atomic mass is 32.2. The van der Waals surface area contributed by atoms with E-state index in [-0.39, 0.29) is 5.91 Å². The van der Waals surface area contributed by atoms with Crippen LogP contribution in [-0.4, -0.2) is 25.9 Å². The minimum atomic E-state index is -0.142. The minimum Gasteiger partial charge on any atom is -0.431 e. The molecular weight excluding hydrogens is 470 g/mol. The Labute approximate surface area is 211 Å². The quantitative estimate of drug-likeness (QED) is 0.269. The Kier molecular flexibility index (Phi) is 5.93. The molecule has 0 bridgehead atoms. The van der Waals surface area contributed by atoms with Crippen LogP contribution in [0.4, 0.5) is 5.69 Å². The van der Waals surface area contributed by atoms with Crippen molar-refractivity contribution in [2.75, 3.05) is 5.32 Å². The number of carbonyl (C=O) groups is 1. The van der Waals surface area contributed by atoms with E-state index in [1.165, 1.54) is 11.8 Å². The average molecular weight is 492 g/mol. The van der Waals surface area contributed by atoms with Gasteiger partial charge in [0.15, 0.2) is 5.58 Å². The van der Waals surface area contributed by atoms with Crippen molar-refractivity contribution in [3.05, 3.63) is 114 Å². The number of para-hydroxylation sites is 2. The molecule has 0 fully saturated rings. The summed E-state index contributed by atoms with van der Waals surface area (Å²) in [7, 11) is 0. The molecule has 0 aliphatic carbocycles. The van der Waals surface area contributed by atoms with Crippen LogP contribution in [0.5, 0.6) is 0 Å². The van der Waals surface area contributed by atoms with E-state index >= 15 is 0 Å². The zero-order valence-corrected chi connectivity index (χ0v) is 20.0. The normalized spacial score (nSPS) is 11.2. The Morgan fingerprint density at radius 1 is 0.917 bits per heavy atom. The van der Waals surface area contributed by atoms with Crippen LogP contribution in [0.1, 0.15) is 21.6 Å². The maximum absolute atomic E-state index is 12.8. The van der Waals surface area contributed by atoms with Gasteiger partial charge in [-0.2, -0.15) is 0 Å². The first-order valence-corrected chi connectivity index (χ1v) is 12.5. The number of hydrogen-bond donors (Lipinski definition) is 1. The predicted octanol–water partition coefficient (Wildman–Crippen LogP) is 6.17. The van der Waals surface area contributed by atoms with Gasteiger partial charge in [0.25, 0.3) is 11.1 Å². The summed E-state index contributed by atoms with van der Waals surface area (Å²) in [5.74, 6) is 0.470. The van der Waals surface area contributed by atoms with Gasteiger partial charge in [0.1, 0.15) is 5.52 Å². The molecule has 0 spiro atoms. The van der Waals surface area contributed by atoms with E-state index in [0.29, 0.717) is 23.1 Å². The number of nitrogens with zero attached hydrogens (tertiary/aromatic N) is 4. The van der Waals surface area contributed by atoms with E-state index < -0.39 is 0 Å². The lowest BCUT2D eigenvalue weighted by atomic mass is 10.1. The van der Waals surface area contributed by atoms with Gasteiger partial charge in [-0.25, -0.2) is 9.67 Å². The first-order chi connectivity index (χ1) is 17.7. The number of rotatable bonds is 7. The van der Waals surface area contributed by atoms with Gasteiger partial charge in [0.05, 0.1) is 12.2 Å². The number of hydrogen-bond acceptors (Lipinski definition) is 6. The summed E-state index contributed by atoms with van der Waals surface area (Å²) in [6.45, 7) is 0.561. The van der Waals surface area contributed by atoms with Gasteiger partial charge in [-0.1, -0.05) is 77.6 Å². The van der Waals surface area contributed by atoms with Crippen LogP contribution in [0.25, 0.3) is 21.9 Å². The monoisotopic (exact) mass is 491 g/mol. The smallest absolute Gasteiger partial charge is 0.257 e. The summed E-state index contributed by atoms with van der Waals surface area (Å²) < 4.78 is 7.53. The van der Waals surface area contributed by atoms with E-state index in [0.717, 1.165) is 38.8 Å². The van der Waals surface area contributed by atoms with Crippen molar-refractivity contribution in [1.29, 1.82) is 0 Å². The second-order valence-electron chi connectivity index (χ2n) is 8.32. The van der Waals surface area contributed by atoms with Crippen molar-refractivity contribution in [2.45, 2.75) is 17.5 Å². The van der Waals surface area contributed by atoms with Crippen LogP contribution in [0.2, 0.25) is 0 Å². The molecule has 2 heterocycles. The molecule has 6 aromatic rings.